The van der Waals surface area contributed by atoms with E-state index in [2.05, 4.69) is 21.2 Å². The Bertz CT molecular complexity index is 599. The molecular formula is C14H14BrNO2S. The molecule has 0 aliphatic rings. The summed E-state index contributed by atoms with van der Waals surface area (Å²) in [6.07, 6.45) is 0. The van der Waals surface area contributed by atoms with Gasteiger partial charge in [0.15, 0.2) is 0 Å². The molecular weight excluding hydrogens is 326 g/mol. The van der Waals surface area contributed by atoms with Crippen molar-refractivity contribution in [2.45, 2.75) is 13.8 Å². The van der Waals surface area contributed by atoms with E-state index in [1.807, 2.05) is 31.4 Å². The van der Waals surface area contributed by atoms with Gasteiger partial charge in [0.05, 0.1) is 7.11 Å². The summed E-state index contributed by atoms with van der Waals surface area (Å²) in [6.45, 7) is 3.94. The number of benzene rings is 1. The number of carbonyl (C=O) groups is 1. The van der Waals surface area contributed by atoms with E-state index in [4.69, 9.17) is 4.74 Å². The number of thiophene rings is 1. The van der Waals surface area contributed by atoms with Crippen LogP contribution in [0.3, 0.4) is 0 Å². The average Bonchev–Trinajstić information content (AvgIpc) is 2.81. The van der Waals surface area contributed by atoms with Gasteiger partial charge in [-0.05, 0) is 48.6 Å². The number of aryl methyl sites for hydroxylation is 2. The van der Waals surface area contributed by atoms with Crippen molar-refractivity contribution in [1.29, 1.82) is 0 Å². The van der Waals surface area contributed by atoms with E-state index in [-0.39, 0.29) is 5.91 Å². The number of hydrogen-bond donors (Lipinski definition) is 1. The predicted octanol–water partition coefficient (Wildman–Crippen LogP) is 4.39. The molecule has 0 aliphatic heterocycles. The van der Waals surface area contributed by atoms with Crippen molar-refractivity contribution in [2.75, 3.05) is 12.4 Å². The van der Waals surface area contributed by atoms with Crippen molar-refractivity contribution in [2.24, 2.45) is 0 Å². The molecule has 0 aliphatic carbocycles. The molecule has 0 saturated heterocycles. The zero-order valence-corrected chi connectivity index (χ0v) is 13.3. The van der Waals surface area contributed by atoms with E-state index < -0.39 is 0 Å². The molecule has 100 valence electrons. The van der Waals surface area contributed by atoms with Gasteiger partial charge in [0.2, 0.25) is 0 Å². The van der Waals surface area contributed by atoms with Crippen LogP contribution < -0.4 is 10.1 Å². The number of methoxy groups -OCH3 is 1. The Labute approximate surface area is 124 Å². The van der Waals surface area contributed by atoms with Gasteiger partial charge in [0.1, 0.15) is 10.6 Å². The third-order valence-corrected chi connectivity index (χ3v) is 4.14. The van der Waals surface area contributed by atoms with Crippen LogP contribution in [-0.4, -0.2) is 13.0 Å². The molecule has 1 amide bonds. The Morgan fingerprint density at radius 1 is 1.32 bits per heavy atom. The fraction of sp³-hybridized carbons (Fsp3) is 0.214. The lowest BCUT2D eigenvalue weighted by atomic mass is 10.1. The minimum atomic E-state index is -0.139. The molecule has 0 fully saturated rings. The van der Waals surface area contributed by atoms with Gasteiger partial charge in [-0.2, -0.15) is 0 Å². The minimum absolute atomic E-state index is 0.139. The standard InChI is InChI=1S/C14H14BrNO2S/c1-8-6-10(15)7-9(2)12(8)16-14(17)13-11(18-3)4-5-19-13/h4-7H,1-3H3,(H,16,17). The zero-order valence-electron chi connectivity index (χ0n) is 10.9. The quantitative estimate of drug-likeness (QED) is 0.900. The monoisotopic (exact) mass is 339 g/mol. The second kappa shape index (κ2) is 5.75. The fourth-order valence-electron chi connectivity index (χ4n) is 1.90. The first-order chi connectivity index (χ1) is 9.02. The first-order valence-electron chi connectivity index (χ1n) is 5.72. The molecule has 0 spiro atoms. The predicted molar refractivity (Wildman–Crippen MR) is 82.4 cm³/mol. The van der Waals surface area contributed by atoms with Gasteiger partial charge < -0.3 is 10.1 Å². The summed E-state index contributed by atoms with van der Waals surface area (Å²) in [5.74, 6) is 0.468. The molecule has 2 aromatic rings. The van der Waals surface area contributed by atoms with Crippen LogP contribution in [0.2, 0.25) is 0 Å². The number of carbonyl (C=O) groups excluding carboxylic acids is 1. The SMILES string of the molecule is COc1ccsc1C(=O)Nc1c(C)cc(Br)cc1C. The van der Waals surface area contributed by atoms with Crippen LogP contribution >= 0.6 is 27.3 Å². The van der Waals surface area contributed by atoms with Gasteiger partial charge in [-0.25, -0.2) is 0 Å². The zero-order chi connectivity index (χ0) is 14.0. The van der Waals surface area contributed by atoms with Crippen LogP contribution in [0.25, 0.3) is 0 Å². The second-order valence-corrected chi connectivity index (χ2v) is 6.02. The van der Waals surface area contributed by atoms with Crippen molar-refractivity contribution >= 4 is 38.9 Å². The number of anilines is 1. The fourth-order valence-corrected chi connectivity index (χ4v) is 3.34. The molecule has 1 N–H and O–H groups in total. The van der Waals surface area contributed by atoms with E-state index in [9.17, 15) is 4.79 Å². The Morgan fingerprint density at radius 3 is 2.53 bits per heavy atom. The van der Waals surface area contributed by atoms with Crippen LogP contribution in [0.1, 0.15) is 20.8 Å². The molecule has 19 heavy (non-hydrogen) atoms. The lowest BCUT2D eigenvalue weighted by molar-refractivity contribution is 0.102. The van der Waals surface area contributed by atoms with Crippen molar-refractivity contribution in [3.05, 3.63) is 44.1 Å². The summed E-state index contributed by atoms with van der Waals surface area (Å²) in [7, 11) is 1.56. The third-order valence-electron chi connectivity index (χ3n) is 2.79. The first-order valence-corrected chi connectivity index (χ1v) is 7.39. The number of halogens is 1. The van der Waals surface area contributed by atoms with Crippen LogP contribution in [0.15, 0.2) is 28.1 Å². The first kappa shape index (κ1) is 14.1. The highest BCUT2D eigenvalue weighted by Crippen LogP contribution is 2.29. The number of amides is 1. The number of rotatable bonds is 3. The molecule has 1 aromatic carbocycles. The number of nitrogens with one attached hydrogen (secondary N) is 1. The maximum Gasteiger partial charge on any atom is 0.269 e. The van der Waals surface area contributed by atoms with Crippen molar-refractivity contribution in [1.82, 2.24) is 0 Å². The summed E-state index contributed by atoms with van der Waals surface area (Å²) < 4.78 is 6.17. The molecule has 1 heterocycles. The van der Waals surface area contributed by atoms with Gasteiger partial charge >= 0.3 is 0 Å². The van der Waals surface area contributed by atoms with Crippen molar-refractivity contribution in [3.63, 3.8) is 0 Å². The molecule has 0 unspecified atom stereocenters. The number of ether oxygens (including phenoxy) is 1. The van der Waals surface area contributed by atoms with Crippen LogP contribution in [0.4, 0.5) is 5.69 Å². The second-order valence-electron chi connectivity index (χ2n) is 4.19. The van der Waals surface area contributed by atoms with E-state index in [0.29, 0.717) is 10.6 Å². The van der Waals surface area contributed by atoms with E-state index in [1.54, 1.807) is 13.2 Å². The third kappa shape index (κ3) is 2.98. The molecule has 1 aromatic heterocycles. The largest absolute Gasteiger partial charge is 0.495 e. The molecule has 3 nitrogen and oxygen atoms in total. The van der Waals surface area contributed by atoms with Crippen LogP contribution in [0, 0.1) is 13.8 Å². The molecule has 0 radical (unpaired) electrons. The minimum Gasteiger partial charge on any atom is -0.495 e. The summed E-state index contributed by atoms with van der Waals surface area (Å²) in [5.41, 5.74) is 2.90. The van der Waals surface area contributed by atoms with Crippen molar-refractivity contribution in [3.8, 4) is 5.75 Å². The van der Waals surface area contributed by atoms with Crippen LogP contribution in [-0.2, 0) is 0 Å². The topological polar surface area (TPSA) is 38.3 Å². The van der Waals surface area contributed by atoms with Crippen molar-refractivity contribution < 1.29 is 9.53 Å². The highest BCUT2D eigenvalue weighted by atomic mass is 79.9. The van der Waals surface area contributed by atoms with Gasteiger partial charge in [-0.15, -0.1) is 11.3 Å². The Hall–Kier alpha value is -1.33. The lowest BCUT2D eigenvalue weighted by Gasteiger charge is -2.12. The summed E-state index contributed by atoms with van der Waals surface area (Å²) in [5, 5.41) is 4.80. The van der Waals surface area contributed by atoms with E-state index >= 15 is 0 Å². The highest BCUT2D eigenvalue weighted by molar-refractivity contribution is 9.10. The van der Waals surface area contributed by atoms with E-state index in [0.717, 1.165) is 21.3 Å². The van der Waals surface area contributed by atoms with Crippen LogP contribution in [0.5, 0.6) is 5.75 Å². The molecule has 5 heteroatoms. The van der Waals surface area contributed by atoms with Gasteiger partial charge in [-0.1, -0.05) is 15.9 Å². The maximum atomic E-state index is 12.3. The average molecular weight is 340 g/mol. The molecule has 0 atom stereocenters. The Morgan fingerprint density at radius 2 is 1.95 bits per heavy atom. The summed E-state index contributed by atoms with van der Waals surface area (Å²) in [6, 6.07) is 5.75. The summed E-state index contributed by atoms with van der Waals surface area (Å²) >= 11 is 4.81. The number of hydrogen-bond acceptors (Lipinski definition) is 3. The Balaban J connectivity index is 2.29. The molecule has 0 bridgehead atoms. The smallest absolute Gasteiger partial charge is 0.269 e. The normalized spacial score (nSPS) is 10.3. The molecule has 0 saturated carbocycles. The van der Waals surface area contributed by atoms with E-state index in [1.165, 1.54) is 11.3 Å². The van der Waals surface area contributed by atoms with Gasteiger partial charge in [-0.3, -0.25) is 4.79 Å². The Kier molecular flexibility index (Phi) is 4.27. The maximum absolute atomic E-state index is 12.3. The summed E-state index contributed by atoms with van der Waals surface area (Å²) in [4.78, 5) is 12.8. The molecule has 2 rings (SSSR count). The van der Waals surface area contributed by atoms with Gasteiger partial charge in [0.25, 0.3) is 5.91 Å². The highest BCUT2D eigenvalue weighted by Gasteiger charge is 2.16. The lowest BCUT2D eigenvalue weighted by Crippen LogP contribution is -2.13. The van der Waals surface area contributed by atoms with Gasteiger partial charge in [0, 0.05) is 10.2 Å².